The van der Waals surface area contributed by atoms with Gasteiger partial charge in [0.1, 0.15) is 17.3 Å². The van der Waals surface area contributed by atoms with Gasteiger partial charge < -0.3 is 9.84 Å². The van der Waals surface area contributed by atoms with E-state index in [9.17, 15) is 4.39 Å². The van der Waals surface area contributed by atoms with Crippen LogP contribution in [0.5, 0.6) is 11.5 Å². The van der Waals surface area contributed by atoms with Gasteiger partial charge in [0.2, 0.25) is 0 Å². The average molecular weight is 218 g/mol. The fourth-order valence-corrected chi connectivity index (χ4v) is 1.34. The van der Waals surface area contributed by atoms with Gasteiger partial charge in [-0.2, -0.15) is 0 Å². The molecular formula is C13H11FO2. The fourth-order valence-electron chi connectivity index (χ4n) is 1.34. The maximum atomic E-state index is 13.3. The molecule has 0 saturated heterocycles. The van der Waals surface area contributed by atoms with Crippen LogP contribution in [0.25, 0.3) is 0 Å². The van der Waals surface area contributed by atoms with Gasteiger partial charge in [-0.1, -0.05) is 24.3 Å². The van der Waals surface area contributed by atoms with E-state index in [1.54, 1.807) is 18.2 Å². The molecule has 2 aromatic carbocycles. The number of rotatable bonds is 3. The monoisotopic (exact) mass is 218 g/mol. The summed E-state index contributed by atoms with van der Waals surface area (Å²) in [6.45, 7) is -0.308. The first-order chi connectivity index (χ1) is 7.79. The number of halogens is 1. The molecule has 0 atom stereocenters. The Bertz CT molecular complexity index is 469. The fraction of sp³-hybridized carbons (Fsp3) is 0.0769. The Morgan fingerprint density at radius 3 is 2.38 bits per heavy atom. The molecule has 0 aliphatic heterocycles. The van der Waals surface area contributed by atoms with Gasteiger partial charge in [-0.15, -0.1) is 0 Å². The summed E-state index contributed by atoms with van der Waals surface area (Å²) in [5.74, 6) is 0.607. The summed E-state index contributed by atoms with van der Waals surface area (Å²) in [6, 6.07) is 13.5. The maximum absolute atomic E-state index is 13.3. The molecule has 0 radical (unpaired) electrons. The molecule has 0 spiro atoms. The Balaban J connectivity index is 2.20. The zero-order valence-electron chi connectivity index (χ0n) is 8.56. The smallest absolute Gasteiger partial charge is 0.132 e. The van der Waals surface area contributed by atoms with E-state index in [2.05, 4.69) is 0 Å². The van der Waals surface area contributed by atoms with Gasteiger partial charge in [0.15, 0.2) is 0 Å². The van der Waals surface area contributed by atoms with Crippen molar-refractivity contribution < 1.29 is 14.2 Å². The predicted molar refractivity (Wildman–Crippen MR) is 58.8 cm³/mol. The standard InChI is InChI=1S/C13H11FO2/c14-13-8-12(7-6-10(13)9-15)16-11-4-2-1-3-5-11/h1-8,15H,9H2. The van der Waals surface area contributed by atoms with Crippen molar-refractivity contribution in [2.45, 2.75) is 6.61 Å². The van der Waals surface area contributed by atoms with Gasteiger partial charge in [-0.3, -0.25) is 0 Å². The molecule has 1 N–H and O–H groups in total. The third kappa shape index (κ3) is 2.38. The lowest BCUT2D eigenvalue weighted by atomic mass is 10.2. The molecule has 2 nitrogen and oxygen atoms in total. The lowest BCUT2D eigenvalue weighted by Crippen LogP contribution is -1.91. The first kappa shape index (κ1) is 10.6. The van der Waals surface area contributed by atoms with Crippen molar-refractivity contribution >= 4 is 0 Å². The molecule has 0 amide bonds. The molecule has 16 heavy (non-hydrogen) atoms. The summed E-state index contributed by atoms with van der Waals surface area (Å²) < 4.78 is 18.8. The van der Waals surface area contributed by atoms with E-state index >= 15 is 0 Å². The van der Waals surface area contributed by atoms with Crippen LogP contribution in [0, 0.1) is 5.82 Å². The average Bonchev–Trinajstić information content (AvgIpc) is 2.31. The second-order valence-corrected chi connectivity index (χ2v) is 3.33. The lowest BCUT2D eigenvalue weighted by Gasteiger charge is -2.06. The van der Waals surface area contributed by atoms with Gasteiger partial charge in [0.05, 0.1) is 6.61 Å². The number of aliphatic hydroxyl groups excluding tert-OH is 1. The van der Waals surface area contributed by atoms with Crippen LogP contribution in [0.15, 0.2) is 48.5 Å². The summed E-state index contributed by atoms with van der Waals surface area (Å²) in [4.78, 5) is 0. The topological polar surface area (TPSA) is 29.5 Å². The van der Waals surface area contributed by atoms with Crippen LogP contribution in [-0.4, -0.2) is 5.11 Å². The van der Waals surface area contributed by atoms with Crippen molar-refractivity contribution in [1.29, 1.82) is 0 Å². The number of hydrogen-bond acceptors (Lipinski definition) is 2. The Morgan fingerprint density at radius 1 is 1.00 bits per heavy atom. The molecule has 2 rings (SSSR count). The van der Waals surface area contributed by atoms with Crippen molar-refractivity contribution in [3.8, 4) is 11.5 Å². The summed E-state index contributed by atoms with van der Waals surface area (Å²) in [5, 5.41) is 8.82. The molecule has 0 heterocycles. The summed E-state index contributed by atoms with van der Waals surface area (Å²) in [7, 11) is 0. The molecule has 0 fully saturated rings. The van der Waals surface area contributed by atoms with Gasteiger partial charge in [-0.25, -0.2) is 4.39 Å². The summed E-state index contributed by atoms with van der Waals surface area (Å²) in [5.41, 5.74) is 0.264. The van der Waals surface area contributed by atoms with E-state index < -0.39 is 5.82 Å². The minimum absolute atomic E-state index is 0.264. The van der Waals surface area contributed by atoms with Crippen LogP contribution in [0.4, 0.5) is 4.39 Å². The highest BCUT2D eigenvalue weighted by atomic mass is 19.1. The van der Waals surface area contributed by atoms with E-state index in [1.165, 1.54) is 12.1 Å². The zero-order valence-corrected chi connectivity index (χ0v) is 8.56. The van der Waals surface area contributed by atoms with Crippen molar-refractivity contribution in [3.05, 3.63) is 59.9 Å². The third-order valence-electron chi connectivity index (χ3n) is 2.17. The number of benzene rings is 2. The van der Waals surface area contributed by atoms with Gasteiger partial charge in [-0.05, 0) is 18.2 Å². The first-order valence-corrected chi connectivity index (χ1v) is 4.92. The molecule has 82 valence electrons. The number of aliphatic hydroxyl groups is 1. The quantitative estimate of drug-likeness (QED) is 0.857. The third-order valence-corrected chi connectivity index (χ3v) is 2.17. The highest BCUT2D eigenvalue weighted by Crippen LogP contribution is 2.23. The van der Waals surface area contributed by atoms with Crippen LogP contribution in [0.3, 0.4) is 0 Å². The molecule has 0 aromatic heterocycles. The highest BCUT2D eigenvalue weighted by molar-refractivity contribution is 5.33. The molecule has 0 unspecified atom stereocenters. The van der Waals surface area contributed by atoms with E-state index in [0.29, 0.717) is 11.5 Å². The van der Waals surface area contributed by atoms with Gasteiger partial charge >= 0.3 is 0 Å². The highest BCUT2D eigenvalue weighted by Gasteiger charge is 2.03. The van der Waals surface area contributed by atoms with E-state index in [0.717, 1.165) is 0 Å². The van der Waals surface area contributed by atoms with Crippen molar-refractivity contribution in [2.24, 2.45) is 0 Å². The Labute approximate surface area is 92.9 Å². The van der Waals surface area contributed by atoms with Crippen molar-refractivity contribution in [2.75, 3.05) is 0 Å². The molecule has 3 heteroatoms. The van der Waals surface area contributed by atoms with Crippen molar-refractivity contribution in [1.82, 2.24) is 0 Å². The predicted octanol–water partition coefficient (Wildman–Crippen LogP) is 3.11. The van der Waals surface area contributed by atoms with E-state index in [-0.39, 0.29) is 12.2 Å². The SMILES string of the molecule is OCc1ccc(Oc2ccccc2)cc1F. The van der Waals surface area contributed by atoms with Crippen LogP contribution in [-0.2, 0) is 6.61 Å². The summed E-state index contributed by atoms with van der Waals surface area (Å²) >= 11 is 0. The maximum Gasteiger partial charge on any atom is 0.132 e. The largest absolute Gasteiger partial charge is 0.457 e. The molecule has 0 bridgehead atoms. The van der Waals surface area contributed by atoms with Crippen LogP contribution in [0.2, 0.25) is 0 Å². The molecular weight excluding hydrogens is 207 g/mol. The second kappa shape index (κ2) is 4.77. The lowest BCUT2D eigenvalue weighted by molar-refractivity contribution is 0.275. The van der Waals surface area contributed by atoms with Crippen molar-refractivity contribution in [3.63, 3.8) is 0 Å². The Hall–Kier alpha value is -1.87. The molecule has 2 aromatic rings. The van der Waals surface area contributed by atoms with Gasteiger partial charge in [0.25, 0.3) is 0 Å². The Kier molecular flexibility index (Phi) is 3.17. The van der Waals surface area contributed by atoms with Crippen LogP contribution >= 0.6 is 0 Å². The number of para-hydroxylation sites is 1. The summed E-state index contributed by atoms with van der Waals surface area (Å²) in [6.07, 6.45) is 0. The minimum atomic E-state index is -0.462. The number of ether oxygens (including phenoxy) is 1. The molecule has 0 aliphatic rings. The van der Waals surface area contributed by atoms with E-state index in [4.69, 9.17) is 9.84 Å². The normalized spacial score (nSPS) is 10.1. The molecule has 0 saturated carbocycles. The minimum Gasteiger partial charge on any atom is -0.457 e. The second-order valence-electron chi connectivity index (χ2n) is 3.33. The van der Waals surface area contributed by atoms with Crippen LogP contribution < -0.4 is 4.74 Å². The molecule has 0 aliphatic carbocycles. The first-order valence-electron chi connectivity index (χ1n) is 4.92. The van der Waals surface area contributed by atoms with Crippen LogP contribution in [0.1, 0.15) is 5.56 Å². The van der Waals surface area contributed by atoms with E-state index in [1.807, 2.05) is 18.2 Å². The zero-order chi connectivity index (χ0) is 11.4. The Morgan fingerprint density at radius 2 is 1.75 bits per heavy atom. The number of hydrogen-bond donors (Lipinski definition) is 1. The van der Waals surface area contributed by atoms with Gasteiger partial charge in [0, 0.05) is 11.6 Å².